The molecule has 0 aliphatic heterocycles. The van der Waals surface area contributed by atoms with Gasteiger partial charge in [0.1, 0.15) is 5.82 Å². The lowest BCUT2D eigenvalue weighted by Crippen LogP contribution is -2.29. The molecule has 1 aromatic carbocycles. The minimum Gasteiger partial charge on any atom is -0.316 e. The Morgan fingerprint density at radius 1 is 1.53 bits per heavy atom. The lowest BCUT2D eigenvalue weighted by atomic mass is 10.0. The molecule has 1 unspecified atom stereocenters. The van der Waals surface area contributed by atoms with E-state index in [1.807, 2.05) is 13.1 Å². The molecule has 82 valence electrons. The van der Waals surface area contributed by atoms with Gasteiger partial charge < -0.3 is 5.32 Å². The van der Waals surface area contributed by atoms with E-state index in [2.05, 4.69) is 21.2 Å². The molecule has 3 heteroatoms. The van der Waals surface area contributed by atoms with Crippen LogP contribution in [0, 0.1) is 11.7 Å². The zero-order valence-corrected chi connectivity index (χ0v) is 10.3. The first-order chi connectivity index (χ1) is 7.22. The smallest absolute Gasteiger partial charge is 0.137 e. The molecule has 1 atom stereocenters. The molecule has 1 fully saturated rings. The van der Waals surface area contributed by atoms with Gasteiger partial charge in [0.2, 0.25) is 0 Å². The van der Waals surface area contributed by atoms with Crippen LogP contribution in [0.4, 0.5) is 4.39 Å². The first-order valence-corrected chi connectivity index (χ1v) is 6.12. The average molecular weight is 272 g/mol. The highest BCUT2D eigenvalue weighted by atomic mass is 79.9. The highest BCUT2D eigenvalue weighted by Gasteiger charge is 2.30. The first-order valence-electron chi connectivity index (χ1n) is 5.32. The second-order valence-corrected chi connectivity index (χ2v) is 4.94. The van der Waals surface area contributed by atoms with E-state index < -0.39 is 0 Å². The average Bonchev–Trinajstić information content (AvgIpc) is 3.04. The molecule has 2 rings (SSSR count). The minimum atomic E-state index is -0.168. The topological polar surface area (TPSA) is 12.0 Å². The van der Waals surface area contributed by atoms with Crippen molar-refractivity contribution in [3.63, 3.8) is 0 Å². The molecule has 1 aliphatic rings. The zero-order chi connectivity index (χ0) is 10.8. The Kier molecular flexibility index (Phi) is 3.42. The number of nitrogens with one attached hydrogen (secondary N) is 1. The van der Waals surface area contributed by atoms with E-state index in [1.165, 1.54) is 18.9 Å². The first kappa shape index (κ1) is 11.1. The third kappa shape index (κ3) is 2.58. The fourth-order valence-electron chi connectivity index (χ4n) is 1.95. The third-order valence-corrected chi connectivity index (χ3v) is 3.92. The fourth-order valence-corrected chi connectivity index (χ4v) is 2.37. The molecule has 1 N–H and O–H groups in total. The summed E-state index contributed by atoms with van der Waals surface area (Å²) in [4.78, 5) is 0. The number of benzene rings is 1. The molecule has 0 saturated heterocycles. The SMILES string of the molecule is CNC(Cc1cccc(F)c1Br)C1CC1. The molecular formula is C12H15BrFN. The standard InChI is InChI=1S/C12H15BrFN/c1-15-11(8-5-6-8)7-9-3-2-4-10(14)12(9)13/h2-4,8,11,15H,5-7H2,1H3. The van der Waals surface area contributed by atoms with Gasteiger partial charge >= 0.3 is 0 Å². The molecule has 0 bridgehead atoms. The van der Waals surface area contributed by atoms with Crippen LogP contribution >= 0.6 is 15.9 Å². The Hall–Kier alpha value is -0.410. The van der Waals surface area contributed by atoms with E-state index in [9.17, 15) is 4.39 Å². The zero-order valence-electron chi connectivity index (χ0n) is 8.76. The molecule has 0 heterocycles. The van der Waals surface area contributed by atoms with E-state index in [-0.39, 0.29) is 5.82 Å². The Bertz CT molecular complexity index is 349. The summed E-state index contributed by atoms with van der Waals surface area (Å²) in [5.74, 6) is 0.614. The maximum absolute atomic E-state index is 13.3. The van der Waals surface area contributed by atoms with E-state index in [0.29, 0.717) is 10.5 Å². The number of hydrogen-bond donors (Lipinski definition) is 1. The lowest BCUT2D eigenvalue weighted by Gasteiger charge is -2.16. The van der Waals surface area contributed by atoms with Gasteiger partial charge in [-0.2, -0.15) is 0 Å². The summed E-state index contributed by atoms with van der Waals surface area (Å²) in [7, 11) is 1.98. The van der Waals surface area contributed by atoms with Crippen molar-refractivity contribution in [1.29, 1.82) is 0 Å². The van der Waals surface area contributed by atoms with Crippen molar-refractivity contribution in [3.8, 4) is 0 Å². The monoisotopic (exact) mass is 271 g/mol. The highest BCUT2D eigenvalue weighted by molar-refractivity contribution is 9.10. The summed E-state index contributed by atoms with van der Waals surface area (Å²) in [6, 6.07) is 5.73. The van der Waals surface area contributed by atoms with Crippen LogP contribution in [0.5, 0.6) is 0 Å². The van der Waals surface area contributed by atoms with Gasteiger partial charge in [-0.1, -0.05) is 12.1 Å². The predicted octanol–water partition coefficient (Wildman–Crippen LogP) is 3.13. The molecule has 1 saturated carbocycles. The van der Waals surface area contributed by atoms with Gasteiger partial charge in [-0.05, 0) is 59.8 Å². The van der Waals surface area contributed by atoms with Crippen LogP contribution < -0.4 is 5.32 Å². The van der Waals surface area contributed by atoms with Crippen molar-refractivity contribution in [3.05, 3.63) is 34.1 Å². The van der Waals surface area contributed by atoms with Crippen LogP contribution in [0.2, 0.25) is 0 Å². The second-order valence-electron chi connectivity index (χ2n) is 4.15. The molecule has 0 amide bonds. The maximum Gasteiger partial charge on any atom is 0.137 e. The van der Waals surface area contributed by atoms with Crippen molar-refractivity contribution in [2.45, 2.75) is 25.3 Å². The van der Waals surface area contributed by atoms with Crippen LogP contribution in [-0.2, 0) is 6.42 Å². The normalized spacial score (nSPS) is 17.8. The Balaban J connectivity index is 2.11. The number of rotatable bonds is 4. The Morgan fingerprint density at radius 2 is 2.27 bits per heavy atom. The molecular weight excluding hydrogens is 257 g/mol. The summed E-state index contributed by atoms with van der Waals surface area (Å²) >= 11 is 3.30. The van der Waals surface area contributed by atoms with Crippen molar-refractivity contribution in [2.24, 2.45) is 5.92 Å². The van der Waals surface area contributed by atoms with E-state index >= 15 is 0 Å². The predicted molar refractivity (Wildman–Crippen MR) is 63.4 cm³/mol. The van der Waals surface area contributed by atoms with Gasteiger partial charge in [0.05, 0.1) is 4.47 Å². The van der Waals surface area contributed by atoms with Gasteiger partial charge in [0, 0.05) is 6.04 Å². The Labute approximate surface area is 98.2 Å². The molecule has 0 radical (unpaired) electrons. The largest absolute Gasteiger partial charge is 0.316 e. The maximum atomic E-state index is 13.3. The quantitative estimate of drug-likeness (QED) is 0.888. The molecule has 0 aromatic heterocycles. The number of hydrogen-bond acceptors (Lipinski definition) is 1. The van der Waals surface area contributed by atoms with Gasteiger partial charge in [-0.3, -0.25) is 0 Å². The van der Waals surface area contributed by atoms with Crippen molar-refractivity contribution < 1.29 is 4.39 Å². The molecule has 0 spiro atoms. The van der Waals surface area contributed by atoms with Gasteiger partial charge in [0.25, 0.3) is 0 Å². The summed E-state index contributed by atoms with van der Waals surface area (Å²) in [5, 5.41) is 3.32. The van der Waals surface area contributed by atoms with E-state index in [4.69, 9.17) is 0 Å². The van der Waals surface area contributed by atoms with Crippen molar-refractivity contribution >= 4 is 15.9 Å². The number of likely N-dealkylation sites (N-methyl/N-ethyl adjacent to an activating group) is 1. The molecule has 1 aromatic rings. The Morgan fingerprint density at radius 3 is 2.87 bits per heavy atom. The highest BCUT2D eigenvalue weighted by Crippen LogP contribution is 2.35. The van der Waals surface area contributed by atoms with Crippen LogP contribution in [0.15, 0.2) is 22.7 Å². The second kappa shape index (κ2) is 4.62. The molecule has 15 heavy (non-hydrogen) atoms. The minimum absolute atomic E-state index is 0.168. The van der Waals surface area contributed by atoms with E-state index in [0.717, 1.165) is 17.9 Å². The van der Waals surface area contributed by atoms with E-state index in [1.54, 1.807) is 6.07 Å². The van der Waals surface area contributed by atoms with Crippen molar-refractivity contribution in [1.82, 2.24) is 5.32 Å². The third-order valence-electron chi connectivity index (χ3n) is 3.03. The van der Waals surface area contributed by atoms with Gasteiger partial charge in [0.15, 0.2) is 0 Å². The van der Waals surface area contributed by atoms with Gasteiger partial charge in [-0.25, -0.2) is 4.39 Å². The van der Waals surface area contributed by atoms with Crippen LogP contribution in [0.3, 0.4) is 0 Å². The van der Waals surface area contributed by atoms with Crippen LogP contribution in [-0.4, -0.2) is 13.1 Å². The summed E-state index contributed by atoms with van der Waals surface area (Å²) in [6.45, 7) is 0. The molecule has 1 nitrogen and oxygen atoms in total. The van der Waals surface area contributed by atoms with Crippen LogP contribution in [0.25, 0.3) is 0 Å². The van der Waals surface area contributed by atoms with Crippen LogP contribution in [0.1, 0.15) is 18.4 Å². The fraction of sp³-hybridized carbons (Fsp3) is 0.500. The van der Waals surface area contributed by atoms with Crippen molar-refractivity contribution in [2.75, 3.05) is 7.05 Å². The van der Waals surface area contributed by atoms with Gasteiger partial charge in [-0.15, -0.1) is 0 Å². The number of halogens is 2. The lowest BCUT2D eigenvalue weighted by molar-refractivity contribution is 0.497. The molecule has 1 aliphatic carbocycles. The summed E-state index contributed by atoms with van der Waals surface area (Å²) in [6.07, 6.45) is 3.51. The summed E-state index contributed by atoms with van der Waals surface area (Å²) < 4.78 is 13.9. The summed E-state index contributed by atoms with van der Waals surface area (Å²) in [5.41, 5.74) is 1.06.